The number of nitrogens with zero attached hydrogens (tertiary/aromatic N) is 2. The van der Waals surface area contributed by atoms with Crippen LogP contribution in [0, 0.1) is 17.2 Å². The van der Waals surface area contributed by atoms with Gasteiger partial charge in [0.25, 0.3) is 0 Å². The van der Waals surface area contributed by atoms with E-state index in [1.807, 2.05) is 48.5 Å². The molecule has 0 aliphatic carbocycles. The van der Waals surface area contributed by atoms with Gasteiger partial charge in [-0.2, -0.15) is 5.26 Å². The highest BCUT2D eigenvalue weighted by Crippen LogP contribution is 2.40. The minimum atomic E-state index is 0.205. The van der Waals surface area contributed by atoms with E-state index in [9.17, 15) is 5.26 Å². The van der Waals surface area contributed by atoms with Crippen molar-refractivity contribution in [3.05, 3.63) is 60.3 Å². The van der Waals surface area contributed by atoms with Crippen molar-refractivity contribution in [1.29, 1.82) is 5.26 Å². The Kier molecular flexibility index (Phi) is 5.81. The first-order valence-corrected chi connectivity index (χ1v) is 9.10. The zero-order valence-corrected chi connectivity index (χ0v) is 16.3. The number of hydrogen-bond acceptors (Lipinski definition) is 5. The van der Waals surface area contributed by atoms with E-state index in [0.29, 0.717) is 29.6 Å². The summed E-state index contributed by atoms with van der Waals surface area (Å²) in [6, 6.07) is 17.7. The summed E-state index contributed by atoms with van der Waals surface area (Å²) in [5.74, 6) is 1.88. The third-order valence-corrected chi connectivity index (χ3v) is 4.33. The molecule has 0 spiro atoms. The summed E-state index contributed by atoms with van der Waals surface area (Å²) in [6.45, 7) is 4.77. The van der Waals surface area contributed by atoms with Gasteiger partial charge >= 0.3 is 0 Å². The van der Waals surface area contributed by atoms with Crippen LogP contribution in [0.2, 0.25) is 0 Å². The molecule has 1 heterocycles. The van der Waals surface area contributed by atoms with E-state index >= 15 is 0 Å². The number of methoxy groups -OCH3 is 1. The quantitative estimate of drug-likeness (QED) is 0.664. The lowest BCUT2D eigenvalue weighted by Gasteiger charge is -2.16. The number of benzene rings is 2. The monoisotopic (exact) mass is 373 g/mol. The summed E-state index contributed by atoms with van der Waals surface area (Å²) < 4.78 is 11.4. The van der Waals surface area contributed by atoms with Crippen LogP contribution >= 0.6 is 0 Å². The van der Waals surface area contributed by atoms with Crippen LogP contribution < -0.4 is 15.2 Å². The molecule has 0 amide bonds. The average Bonchev–Trinajstić information content (AvgIpc) is 2.72. The number of pyridine rings is 1. The molecular formula is C23H23N3O2. The van der Waals surface area contributed by atoms with Gasteiger partial charge in [0.2, 0.25) is 0 Å². The number of ether oxygens (including phenoxy) is 2. The van der Waals surface area contributed by atoms with Crippen LogP contribution in [0.5, 0.6) is 11.5 Å². The summed E-state index contributed by atoms with van der Waals surface area (Å²) in [6.07, 6.45) is 1.70. The maximum atomic E-state index is 9.73. The smallest absolute Gasteiger partial charge is 0.161 e. The normalized spacial score (nSPS) is 10.5. The molecule has 0 aliphatic rings. The summed E-state index contributed by atoms with van der Waals surface area (Å²) >= 11 is 0. The second kappa shape index (κ2) is 8.45. The van der Waals surface area contributed by atoms with Gasteiger partial charge in [-0.25, -0.2) is 4.98 Å². The van der Waals surface area contributed by atoms with Gasteiger partial charge < -0.3 is 15.2 Å². The van der Waals surface area contributed by atoms with Crippen molar-refractivity contribution in [1.82, 2.24) is 4.98 Å². The van der Waals surface area contributed by atoms with Crippen molar-refractivity contribution in [2.75, 3.05) is 19.5 Å². The zero-order chi connectivity index (χ0) is 20.1. The van der Waals surface area contributed by atoms with Crippen molar-refractivity contribution in [3.8, 4) is 39.8 Å². The Balaban J connectivity index is 2.17. The number of aromatic nitrogens is 1. The lowest BCUT2D eigenvalue weighted by Crippen LogP contribution is -2.05. The van der Waals surface area contributed by atoms with E-state index in [2.05, 4.69) is 24.9 Å². The van der Waals surface area contributed by atoms with E-state index < -0.39 is 0 Å². The van der Waals surface area contributed by atoms with Crippen LogP contribution in [0.1, 0.15) is 19.4 Å². The molecule has 0 bridgehead atoms. The molecule has 0 atom stereocenters. The number of anilines is 1. The van der Waals surface area contributed by atoms with Gasteiger partial charge in [0.15, 0.2) is 11.5 Å². The number of nitrogens with two attached hydrogens (primary N) is 1. The van der Waals surface area contributed by atoms with E-state index in [1.165, 1.54) is 0 Å². The molecule has 0 fully saturated rings. The van der Waals surface area contributed by atoms with Crippen molar-refractivity contribution in [3.63, 3.8) is 0 Å². The van der Waals surface area contributed by atoms with Gasteiger partial charge in [0, 0.05) is 17.3 Å². The van der Waals surface area contributed by atoms with Gasteiger partial charge in [-0.1, -0.05) is 50.2 Å². The Morgan fingerprint density at radius 2 is 1.82 bits per heavy atom. The predicted octanol–water partition coefficient (Wildman–Crippen LogP) is 4.91. The van der Waals surface area contributed by atoms with Gasteiger partial charge in [-0.05, 0) is 29.2 Å². The zero-order valence-electron chi connectivity index (χ0n) is 16.3. The first-order chi connectivity index (χ1) is 13.5. The fourth-order valence-electron chi connectivity index (χ4n) is 2.97. The molecule has 0 saturated carbocycles. The van der Waals surface area contributed by atoms with Crippen LogP contribution in [0.25, 0.3) is 22.3 Å². The molecule has 0 aliphatic heterocycles. The van der Waals surface area contributed by atoms with E-state index in [0.717, 1.165) is 22.3 Å². The van der Waals surface area contributed by atoms with Crippen LogP contribution in [-0.2, 0) is 0 Å². The fourth-order valence-corrected chi connectivity index (χ4v) is 2.97. The van der Waals surface area contributed by atoms with Gasteiger partial charge in [-0.3, -0.25) is 0 Å². The van der Waals surface area contributed by atoms with Gasteiger partial charge in [0.1, 0.15) is 17.5 Å². The van der Waals surface area contributed by atoms with Crippen molar-refractivity contribution in [2.45, 2.75) is 13.8 Å². The first kappa shape index (κ1) is 19.2. The summed E-state index contributed by atoms with van der Waals surface area (Å²) in [5, 5.41) is 9.73. The molecule has 1 aromatic heterocycles. The van der Waals surface area contributed by atoms with Crippen LogP contribution in [0.3, 0.4) is 0 Å². The van der Waals surface area contributed by atoms with Gasteiger partial charge in [-0.15, -0.1) is 0 Å². The molecule has 142 valence electrons. The number of hydrogen-bond donors (Lipinski definition) is 1. The lowest BCUT2D eigenvalue weighted by atomic mass is 9.92. The van der Waals surface area contributed by atoms with Crippen molar-refractivity contribution < 1.29 is 9.47 Å². The maximum Gasteiger partial charge on any atom is 0.161 e. The average molecular weight is 373 g/mol. The van der Waals surface area contributed by atoms with E-state index in [4.69, 9.17) is 15.2 Å². The maximum absolute atomic E-state index is 9.73. The Morgan fingerprint density at radius 1 is 1.07 bits per heavy atom. The molecule has 3 rings (SSSR count). The SMILES string of the molecule is COc1cc(-c2c(-c3ccccc3)cnc(N)c2C#N)ccc1OCC(C)C. The van der Waals surface area contributed by atoms with Crippen molar-refractivity contribution in [2.24, 2.45) is 5.92 Å². The highest BCUT2D eigenvalue weighted by Gasteiger charge is 2.18. The minimum Gasteiger partial charge on any atom is -0.493 e. The summed E-state index contributed by atoms with van der Waals surface area (Å²) in [5.41, 5.74) is 9.70. The van der Waals surface area contributed by atoms with Crippen LogP contribution in [0.4, 0.5) is 5.82 Å². The van der Waals surface area contributed by atoms with E-state index in [1.54, 1.807) is 13.3 Å². The second-order valence-electron chi connectivity index (χ2n) is 6.86. The molecule has 3 aromatic rings. The largest absolute Gasteiger partial charge is 0.493 e. The molecule has 5 nitrogen and oxygen atoms in total. The summed E-state index contributed by atoms with van der Waals surface area (Å²) in [4.78, 5) is 4.22. The standard InChI is InChI=1S/C23H23N3O2/c1-15(2)14-28-20-10-9-17(11-21(20)27-3)22-18(12-24)23(25)26-13-19(22)16-7-5-4-6-8-16/h4-11,13,15H,14H2,1-3H3,(H2,25,26). The molecule has 0 saturated heterocycles. The molecule has 0 radical (unpaired) electrons. The lowest BCUT2D eigenvalue weighted by molar-refractivity contribution is 0.257. The molecule has 0 unspecified atom stereocenters. The molecule has 28 heavy (non-hydrogen) atoms. The predicted molar refractivity (Wildman–Crippen MR) is 111 cm³/mol. The Hall–Kier alpha value is -3.52. The number of rotatable bonds is 6. The minimum absolute atomic E-state index is 0.205. The highest BCUT2D eigenvalue weighted by molar-refractivity contribution is 5.90. The fraction of sp³-hybridized carbons (Fsp3) is 0.217. The number of nitrogen functional groups attached to an aromatic ring is 1. The molecular weight excluding hydrogens is 350 g/mol. The Labute approximate surface area is 165 Å². The molecule has 5 heteroatoms. The first-order valence-electron chi connectivity index (χ1n) is 9.10. The second-order valence-corrected chi connectivity index (χ2v) is 6.86. The molecule has 2 N–H and O–H groups in total. The summed E-state index contributed by atoms with van der Waals surface area (Å²) in [7, 11) is 1.60. The third kappa shape index (κ3) is 3.91. The Bertz CT molecular complexity index is 1010. The van der Waals surface area contributed by atoms with Crippen molar-refractivity contribution >= 4 is 5.82 Å². The highest BCUT2D eigenvalue weighted by atomic mass is 16.5. The van der Waals surface area contributed by atoms with E-state index in [-0.39, 0.29) is 5.82 Å². The third-order valence-electron chi connectivity index (χ3n) is 4.33. The Morgan fingerprint density at radius 3 is 2.46 bits per heavy atom. The topological polar surface area (TPSA) is 81.2 Å². The van der Waals surface area contributed by atoms with Gasteiger partial charge in [0.05, 0.1) is 13.7 Å². The van der Waals surface area contributed by atoms with Crippen LogP contribution in [-0.4, -0.2) is 18.7 Å². The number of nitriles is 1. The molecule has 2 aromatic carbocycles. The van der Waals surface area contributed by atoms with Crippen LogP contribution in [0.15, 0.2) is 54.7 Å².